The number of anilines is 1. The van der Waals surface area contributed by atoms with Gasteiger partial charge in [-0.1, -0.05) is 0 Å². The maximum Gasteiger partial charge on any atom is 0.421 e. The minimum Gasteiger partial charge on any atom is -0.326 e. The largest absolute Gasteiger partial charge is 0.421 e. The van der Waals surface area contributed by atoms with Crippen molar-refractivity contribution in [1.82, 2.24) is 4.98 Å². The van der Waals surface area contributed by atoms with Crippen LogP contribution in [0.25, 0.3) is 0 Å². The van der Waals surface area contributed by atoms with E-state index < -0.39 is 28.2 Å². The van der Waals surface area contributed by atoms with Gasteiger partial charge in [-0.25, -0.2) is 0 Å². The first-order valence-electron chi connectivity index (χ1n) is 3.30. The molecule has 0 radical (unpaired) electrons. The van der Waals surface area contributed by atoms with E-state index in [1.54, 1.807) is 4.98 Å². The van der Waals surface area contributed by atoms with Crippen LogP contribution in [0.1, 0.15) is 5.56 Å². The van der Waals surface area contributed by atoms with Crippen LogP contribution in [0.3, 0.4) is 0 Å². The molecule has 0 aromatic carbocycles. The quantitative estimate of drug-likeness (QED) is 0.604. The van der Waals surface area contributed by atoms with Gasteiger partial charge in [-0.2, -0.15) is 13.2 Å². The van der Waals surface area contributed by atoms with Crippen LogP contribution in [0.4, 0.5) is 18.9 Å². The molecule has 0 bridgehead atoms. The Morgan fingerprint density at radius 3 is 2.36 bits per heavy atom. The lowest BCUT2D eigenvalue weighted by atomic mass is 10.2. The molecule has 0 aliphatic carbocycles. The Morgan fingerprint density at radius 1 is 1.36 bits per heavy atom. The molecule has 1 heterocycles. The van der Waals surface area contributed by atoms with Gasteiger partial charge < -0.3 is 4.98 Å². The number of rotatable bonds is 1. The predicted molar refractivity (Wildman–Crippen MR) is 38.1 cm³/mol. The first-order chi connectivity index (χ1) is 6.32. The monoisotopic (exact) mass is 210 g/mol. The van der Waals surface area contributed by atoms with E-state index in [0.717, 1.165) is 6.20 Å². The molecule has 0 amide bonds. The second-order valence-corrected chi connectivity index (χ2v) is 2.39. The number of halogens is 3. The Hall–Kier alpha value is -1.54. The number of H-pyrrole nitrogens is 1. The summed E-state index contributed by atoms with van der Waals surface area (Å²) >= 11 is 0. The number of aromatic amines is 1. The molecule has 14 heavy (non-hydrogen) atoms. The molecule has 5 nitrogen and oxygen atoms in total. The van der Waals surface area contributed by atoms with E-state index in [4.69, 9.17) is 10.4 Å². The van der Waals surface area contributed by atoms with Gasteiger partial charge in [-0.05, 0) is 6.07 Å². The average Bonchev–Trinajstić information content (AvgIpc) is 2.02. The molecule has 1 aromatic heterocycles. The van der Waals surface area contributed by atoms with E-state index in [1.165, 1.54) is 0 Å². The van der Waals surface area contributed by atoms with Crippen LogP contribution < -0.4 is 10.8 Å². The molecular formula is C6H5F3N2O3. The summed E-state index contributed by atoms with van der Waals surface area (Å²) < 4.78 is 36.3. The van der Waals surface area contributed by atoms with Gasteiger partial charge in [0.05, 0.1) is 0 Å². The molecule has 0 aliphatic rings. The number of nitrogens with one attached hydrogen (secondary N) is 1. The molecule has 8 heteroatoms. The highest BCUT2D eigenvalue weighted by molar-refractivity contribution is 5.41. The predicted octanol–water partition coefficient (Wildman–Crippen LogP) is 0.978. The third-order valence-corrected chi connectivity index (χ3v) is 1.42. The number of alkyl halides is 3. The van der Waals surface area contributed by atoms with Crippen molar-refractivity contribution in [2.24, 2.45) is 0 Å². The van der Waals surface area contributed by atoms with Crippen molar-refractivity contribution < 1.29 is 23.6 Å². The number of hydrogen-bond donors (Lipinski definition) is 3. The minimum atomic E-state index is -4.83. The summed E-state index contributed by atoms with van der Waals surface area (Å²) in [6.45, 7) is 0. The number of nitrogens with zero attached hydrogens (tertiary/aromatic N) is 1. The SMILES string of the molecule is O=c1[nH]cc(N(O)O)cc1C(F)(F)F. The lowest BCUT2D eigenvalue weighted by Gasteiger charge is -2.10. The molecule has 1 aromatic rings. The van der Waals surface area contributed by atoms with Crippen molar-refractivity contribution in [2.75, 3.05) is 5.23 Å². The van der Waals surface area contributed by atoms with Crippen LogP contribution >= 0.6 is 0 Å². The average molecular weight is 210 g/mol. The summed E-state index contributed by atoms with van der Waals surface area (Å²) in [4.78, 5) is 12.4. The van der Waals surface area contributed by atoms with E-state index in [2.05, 4.69) is 0 Å². The lowest BCUT2D eigenvalue weighted by Crippen LogP contribution is -2.23. The van der Waals surface area contributed by atoms with Gasteiger partial charge >= 0.3 is 6.18 Å². The number of pyridine rings is 1. The van der Waals surface area contributed by atoms with Crippen molar-refractivity contribution in [2.45, 2.75) is 6.18 Å². The van der Waals surface area contributed by atoms with Crippen LogP contribution in [0.5, 0.6) is 0 Å². The summed E-state index contributed by atoms with van der Waals surface area (Å²) in [5.74, 6) is 0. The lowest BCUT2D eigenvalue weighted by molar-refractivity contribution is -0.138. The van der Waals surface area contributed by atoms with E-state index >= 15 is 0 Å². The summed E-state index contributed by atoms with van der Waals surface area (Å²) in [6, 6.07) is 0.318. The molecular weight excluding hydrogens is 205 g/mol. The maximum atomic E-state index is 12.1. The molecule has 0 saturated carbocycles. The van der Waals surface area contributed by atoms with Crippen molar-refractivity contribution in [3.8, 4) is 0 Å². The molecule has 0 saturated heterocycles. The first-order valence-corrected chi connectivity index (χ1v) is 3.30. The molecule has 0 aliphatic heterocycles. The second-order valence-electron chi connectivity index (χ2n) is 2.39. The zero-order chi connectivity index (χ0) is 10.9. The zero-order valence-electron chi connectivity index (χ0n) is 6.54. The van der Waals surface area contributed by atoms with Crippen LogP contribution in [-0.4, -0.2) is 15.4 Å². The second kappa shape index (κ2) is 3.31. The standard InChI is InChI=1S/C6H5F3N2O3/c7-6(8,9)4-1-3(11(13)14)2-10-5(4)12/h1-2,13-14H,(H,10,12). The van der Waals surface area contributed by atoms with E-state index in [-0.39, 0.29) is 0 Å². The fourth-order valence-electron chi connectivity index (χ4n) is 0.798. The Bertz CT molecular complexity index is 385. The summed E-state index contributed by atoms with van der Waals surface area (Å²) in [7, 11) is 0. The number of aromatic nitrogens is 1. The van der Waals surface area contributed by atoms with Crippen molar-refractivity contribution in [3.05, 3.63) is 28.2 Å². The highest BCUT2D eigenvalue weighted by atomic mass is 19.4. The Balaban J connectivity index is 3.30. The smallest absolute Gasteiger partial charge is 0.326 e. The molecule has 78 valence electrons. The molecule has 0 spiro atoms. The summed E-state index contributed by atoms with van der Waals surface area (Å²) in [6.07, 6.45) is -4.10. The third kappa shape index (κ3) is 2.03. The maximum absolute atomic E-state index is 12.1. The van der Waals surface area contributed by atoms with Crippen molar-refractivity contribution in [1.29, 1.82) is 0 Å². The highest BCUT2D eigenvalue weighted by Gasteiger charge is 2.34. The Kier molecular flexibility index (Phi) is 2.49. The van der Waals surface area contributed by atoms with E-state index in [0.29, 0.717) is 6.07 Å². The van der Waals surface area contributed by atoms with Crippen LogP contribution in [0.15, 0.2) is 17.1 Å². The van der Waals surface area contributed by atoms with Gasteiger partial charge in [-0.15, -0.1) is 5.23 Å². The van der Waals surface area contributed by atoms with Crippen molar-refractivity contribution >= 4 is 5.69 Å². The molecule has 3 N–H and O–H groups in total. The molecule has 0 unspecified atom stereocenters. The van der Waals surface area contributed by atoms with Gasteiger partial charge in [0.1, 0.15) is 11.3 Å². The van der Waals surface area contributed by atoms with Crippen molar-refractivity contribution in [3.63, 3.8) is 0 Å². The topological polar surface area (TPSA) is 76.6 Å². The minimum absolute atomic E-state index is 0.318. The zero-order valence-corrected chi connectivity index (χ0v) is 6.54. The van der Waals surface area contributed by atoms with Crippen LogP contribution in [0, 0.1) is 0 Å². The van der Waals surface area contributed by atoms with E-state index in [1.807, 2.05) is 0 Å². The van der Waals surface area contributed by atoms with Gasteiger partial charge in [0.15, 0.2) is 0 Å². The molecule has 1 rings (SSSR count). The van der Waals surface area contributed by atoms with Crippen LogP contribution in [-0.2, 0) is 6.18 Å². The highest BCUT2D eigenvalue weighted by Crippen LogP contribution is 2.27. The van der Waals surface area contributed by atoms with E-state index in [9.17, 15) is 18.0 Å². The Morgan fingerprint density at radius 2 is 1.93 bits per heavy atom. The summed E-state index contributed by atoms with van der Waals surface area (Å²) in [5.41, 5.74) is -3.43. The molecule has 0 atom stereocenters. The van der Waals surface area contributed by atoms with Crippen LogP contribution in [0.2, 0.25) is 0 Å². The van der Waals surface area contributed by atoms with Gasteiger partial charge in [0.25, 0.3) is 5.56 Å². The number of hydrogen-bond acceptors (Lipinski definition) is 4. The Labute approximate surface area is 74.9 Å². The van der Waals surface area contributed by atoms with Gasteiger partial charge in [0.2, 0.25) is 0 Å². The molecule has 0 fully saturated rings. The normalized spacial score (nSPS) is 11.5. The third-order valence-electron chi connectivity index (χ3n) is 1.42. The van der Waals surface area contributed by atoms with Gasteiger partial charge in [-0.3, -0.25) is 15.2 Å². The fourth-order valence-corrected chi connectivity index (χ4v) is 0.798. The first kappa shape index (κ1) is 10.5. The fraction of sp³-hybridized carbons (Fsp3) is 0.167. The summed E-state index contributed by atoms with van der Waals surface area (Å²) in [5, 5.41) is 16.3. The van der Waals surface area contributed by atoms with Gasteiger partial charge in [0, 0.05) is 6.20 Å².